The summed E-state index contributed by atoms with van der Waals surface area (Å²) in [6, 6.07) is -0.385. The number of nitrogens with zero attached hydrogens (tertiary/aromatic N) is 1. The maximum atomic E-state index is 12.9. The Bertz CT molecular complexity index is 392. The molecular weight excluding hydrogens is 264 g/mol. The summed E-state index contributed by atoms with van der Waals surface area (Å²) in [7, 11) is 0. The van der Waals surface area contributed by atoms with Crippen molar-refractivity contribution in [1.82, 2.24) is 10.2 Å². The van der Waals surface area contributed by atoms with E-state index in [2.05, 4.69) is 26.1 Å². The molecule has 1 aliphatic heterocycles. The molecule has 0 radical (unpaired) electrons. The summed E-state index contributed by atoms with van der Waals surface area (Å²) < 4.78 is 0. The predicted octanol–water partition coefficient (Wildman–Crippen LogP) is 2.96. The molecule has 0 spiro atoms. The molecule has 1 N–H and O–H groups in total. The zero-order valence-corrected chi connectivity index (χ0v) is 14.7. The number of carbonyl (C=O) groups excluding carboxylic acids is 2. The number of piperazine rings is 1. The first-order valence-electron chi connectivity index (χ1n) is 8.21. The first-order chi connectivity index (χ1) is 9.59. The van der Waals surface area contributed by atoms with Gasteiger partial charge in [-0.15, -0.1) is 0 Å². The van der Waals surface area contributed by atoms with Crippen LogP contribution in [0.15, 0.2) is 0 Å². The van der Waals surface area contributed by atoms with Gasteiger partial charge in [0.2, 0.25) is 11.8 Å². The van der Waals surface area contributed by atoms with Crippen molar-refractivity contribution in [3.05, 3.63) is 0 Å². The average Bonchev–Trinajstić information content (AvgIpc) is 2.38. The largest absolute Gasteiger partial charge is 0.342 e. The monoisotopic (exact) mass is 296 g/mol. The average molecular weight is 296 g/mol. The summed E-state index contributed by atoms with van der Waals surface area (Å²) in [5.74, 6) is 0.211. The van der Waals surface area contributed by atoms with Crippen molar-refractivity contribution in [3.63, 3.8) is 0 Å². The Balaban J connectivity index is 3.12. The molecule has 0 aromatic heterocycles. The maximum absolute atomic E-state index is 12.9. The molecule has 0 aliphatic carbocycles. The Morgan fingerprint density at radius 3 is 2.10 bits per heavy atom. The van der Waals surface area contributed by atoms with Crippen LogP contribution in [0.3, 0.4) is 0 Å². The summed E-state index contributed by atoms with van der Waals surface area (Å²) in [5.41, 5.74) is -0.525. The number of hydrogen-bond acceptors (Lipinski definition) is 2. The van der Waals surface area contributed by atoms with Gasteiger partial charge in [0.1, 0.15) is 11.6 Å². The van der Waals surface area contributed by atoms with E-state index in [1.165, 1.54) is 0 Å². The number of nitrogens with one attached hydrogen (secondary N) is 1. The predicted molar refractivity (Wildman–Crippen MR) is 85.9 cm³/mol. The molecule has 0 aromatic rings. The molecule has 122 valence electrons. The van der Waals surface area contributed by atoms with Crippen molar-refractivity contribution in [1.29, 1.82) is 0 Å². The number of amides is 2. The van der Waals surface area contributed by atoms with Gasteiger partial charge in [0.05, 0.1) is 0 Å². The van der Waals surface area contributed by atoms with Crippen LogP contribution in [0.4, 0.5) is 0 Å². The highest BCUT2D eigenvalue weighted by Gasteiger charge is 2.50. The number of carbonyl (C=O) groups is 2. The van der Waals surface area contributed by atoms with Gasteiger partial charge in [0.15, 0.2) is 0 Å². The minimum absolute atomic E-state index is 0.0136. The summed E-state index contributed by atoms with van der Waals surface area (Å²) in [4.78, 5) is 27.4. The topological polar surface area (TPSA) is 49.4 Å². The SMILES string of the molecule is CCC1(CC)C(=O)NC(C(C)C)C(=O)N1CCC(C)(C)C. The third-order valence-electron chi connectivity index (χ3n) is 4.68. The second-order valence-electron chi connectivity index (χ2n) is 7.73. The molecule has 0 bridgehead atoms. The third kappa shape index (κ3) is 3.58. The van der Waals surface area contributed by atoms with E-state index in [0.717, 1.165) is 6.42 Å². The molecule has 1 atom stereocenters. The second-order valence-corrected chi connectivity index (χ2v) is 7.73. The molecular formula is C17H32N2O2. The molecule has 1 heterocycles. The Kier molecular flexibility index (Phi) is 5.46. The zero-order chi connectivity index (χ0) is 16.4. The smallest absolute Gasteiger partial charge is 0.246 e. The Labute approximate surface area is 129 Å². The standard InChI is InChI=1S/C17H32N2O2/c1-8-17(9-2)15(21)18-13(12(3)4)14(20)19(17)11-10-16(5,6)7/h12-13H,8-11H2,1-7H3,(H,18,21). The van der Waals surface area contributed by atoms with E-state index in [9.17, 15) is 9.59 Å². The lowest BCUT2D eigenvalue weighted by atomic mass is 9.82. The lowest BCUT2D eigenvalue weighted by Crippen LogP contribution is -2.71. The molecule has 1 unspecified atom stereocenters. The van der Waals surface area contributed by atoms with Crippen molar-refractivity contribution in [2.75, 3.05) is 6.54 Å². The summed E-state index contributed by atoms with van der Waals surface area (Å²) in [5, 5.41) is 2.96. The van der Waals surface area contributed by atoms with Crippen LogP contribution in [0, 0.1) is 11.3 Å². The van der Waals surface area contributed by atoms with Gasteiger partial charge in [0, 0.05) is 6.54 Å². The highest BCUT2D eigenvalue weighted by molar-refractivity contribution is 5.99. The Morgan fingerprint density at radius 2 is 1.71 bits per heavy atom. The fourth-order valence-corrected chi connectivity index (χ4v) is 3.01. The summed E-state index contributed by atoms with van der Waals surface area (Å²) in [6.07, 6.45) is 2.23. The summed E-state index contributed by atoms with van der Waals surface area (Å²) in [6.45, 7) is 15.1. The highest BCUT2D eigenvalue weighted by atomic mass is 16.2. The molecule has 21 heavy (non-hydrogen) atoms. The third-order valence-corrected chi connectivity index (χ3v) is 4.68. The van der Waals surface area contributed by atoms with E-state index in [0.29, 0.717) is 19.4 Å². The Hall–Kier alpha value is -1.06. The molecule has 1 fully saturated rings. The molecule has 0 saturated carbocycles. The van der Waals surface area contributed by atoms with E-state index in [1.807, 2.05) is 32.6 Å². The fourth-order valence-electron chi connectivity index (χ4n) is 3.01. The van der Waals surface area contributed by atoms with E-state index in [1.54, 1.807) is 0 Å². The van der Waals surface area contributed by atoms with Crippen LogP contribution in [0.5, 0.6) is 0 Å². The van der Waals surface area contributed by atoms with Gasteiger partial charge in [-0.1, -0.05) is 48.5 Å². The van der Waals surface area contributed by atoms with Gasteiger partial charge in [0.25, 0.3) is 0 Å². The first kappa shape index (κ1) is 18.0. The molecule has 4 nitrogen and oxygen atoms in total. The van der Waals surface area contributed by atoms with Crippen LogP contribution >= 0.6 is 0 Å². The second kappa shape index (κ2) is 6.37. The molecule has 0 aromatic carbocycles. The minimum atomic E-state index is -0.673. The number of hydrogen-bond donors (Lipinski definition) is 1. The van der Waals surface area contributed by atoms with Gasteiger partial charge < -0.3 is 10.2 Å². The van der Waals surface area contributed by atoms with Crippen molar-refractivity contribution < 1.29 is 9.59 Å². The minimum Gasteiger partial charge on any atom is -0.342 e. The Morgan fingerprint density at radius 1 is 1.19 bits per heavy atom. The van der Waals surface area contributed by atoms with E-state index >= 15 is 0 Å². The lowest BCUT2D eigenvalue weighted by molar-refractivity contribution is -0.160. The normalized spacial score (nSPS) is 22.7. The van der Waals surface area contributed by atoms with Crippen LogP contribution < -0.4 is 5.32 Å². The van der Waals surface area contributed by atoms with Gasteiger partial charge in [-0.3, -0.25) is 9.59 Å². The van der Waals surface area contributed by atoms with Crippen molar-refractivity contribution >= 4 is 11.8 Å². The van der Waals surface area contributed by atoms with Crippen LogP contribution in [-0.4, -0.2) is 34.8 Å². The molecule has 1 aliphatic rings. The molecule has 1 rings (SSSR count). The molecule has 1 saturated heterocycles. The lowest BCUT2D eigenvalue weighted by Gasteiger charge is -2.49. The van der Waals surface area contributed by atoms with Gasteiger partial charge in [-0.25, -0.2) is 0 Å². The van der Waals surface area contributed by atoms with E-state index in [-0.39, 0.29) is 29.2 Å². The van der Waals surface area contributed by atoms with Crippen LogP contribution in [0.2, 0.25) is 0 Å². The van der Waals surface area contributed by atoms with Crippen LogP contribution in [0.25, 0.3) is 0 Å². The molecule has 4 heteroatoms. The van der Waals surface area contributed by atoms with E-state index < -0.39 is 5.54 Å². The van der Waals surface area contributed by atoms with Crippen molar-refractivity contribution in [2.45, 2.75) is 79.3 Å². The van der Waals surface area contributed by atoms with Gasteiger partial charge >= 0.3 is 0 Å². The fraction of sp³-hybridized carbons (Fsp3) is 0.882. The molecule has 2 amide bonds. The van der Waals surface area contributed by atoms with Crippen LogP contribution in [0.1, 0.15) is 67.7 Å². The van der Waals surface area contributed by atoms with E-state index in [4.69, 9.17) is 0 Å². The highest BCUT2D eigenvalue weighted by Crippen LogP contribution is 2.32. The summed E-state index contributed by atoms with van der Waals surface area (Å²) >= 11 is 0. The van der Waals surface area contributed by atoms with Crippen molar-refractivity contribution in [3.8, 4) is 0 Å². The van der Waals surface area contributed by atoms with Gasteiger partial charge in [-0.05, 0) is 30.6 Å². The first-order valence-corrected chi connectivity index (χ1v) is 8.21. The van der Waals surface area contributed by atoms with Crippen molar-refractivity contribution in [2.24, 2.45) is 11.3 Å². The maximum Gasteiger partial charge on any atom is 0.246 e. The quantitative estimate of drug-likeness (QED) is 0.848. The zero-order valence-electron chi connectivity index (χ0n) is 14.7. The number of rotatable bonds is 5. The van der Waals surface area contributed by atoms with Gasteiger partial charge in [-0.2, -0.15) is 0 Å². The van der Waals surface area contributed by atoms with Crippen LogP contribution in [-0.2, 0) is 9.59 Å².